The molecule has 268 valence electrons. The molecule has 0 aliphatic carbocycles. The van der Waals surface area contributed by atoms with Gasteiger partial charge < -0.3 is 10.2 Å². The van der Waals surface area contributed by atoms with Crippen molar-refractivity contribution in [2.45, 2.75) is 38.8 Å². The molecule has 0 bridgehead atoms. The topological polar surface area (TPSA) is 65.2 Å². The quantitative estimate of drug-likeness (QED) is 0.107. The number of phenolic OH excluding ortho intramolecular Hbond substituents is 2. The zero-order valence-electron chi connectivity index (χ0n) is 31.8. The fraction of sp³-hybridized carbons (Fsp3) is 0.120. The summed E-state index contributed by atoms with van der Waals surface area (Å²) >= 11 is 0. The van der Waals surface area contributed by atoms with Gasteiger partial charge in [0, 0.05) is 41.7 Å². The van der Waals surface area contributed by atoms with Gasteiger partial charge in [-0.25, -0.2) is 0 Å². The molecule has 5 heteroatoms. The van der Waals surface area contributed by atoms with Crippen molar-refractivity contribution in [3.8, 4) is 33.8 Å². The summed E-state index contributed by atoms with van der Waals surface area (Å²) in [5, 5.41) is 22.6. The number of rotatable bonds is 10. The van der Waals surface area contributed by atoms with Gasteiger partial charge in [-0.05, 0) is 85.3 Å². The third-order valence-corrected chi connectivity index (χ3v) is 9.87. The average Bonchev–Trinajstić information content (AvgIpc) is 3.21. The largest absolute Gasteiger partial charge is 0.507 e. The minimum absolute atomic E-state index is 0. The average molecular weight is 770 g/mol. The summed E-state index contributed by atoms with van der Waals surface area (Å²) in [5.41, 5.74) is 9.34. The van der Waals surface area contributed by atoms with E-state index in [0.29, 0.717) is 22.6 Å². The van der Waals surface area contributed by atoms with Gasteiger partial charge >= 0.3 is 0 Å². The molecule has 0 heterocycles. The molecular weight excluding hydrogens is 726 g/mol. The maximum absolute atomic E-state index is 11.3. The number of aromatic hydroxyl groups is 2. The van der Waals surface area contributed by atoms with Crippen molar-refractivity contribution in [1.82, 2.24) is 0 Å². The minimum Gasteiger partial charge on any atom is -0.507 e. The van der Waals surface area contributed by atoms with Crippen LogP contribution in [0.25, 0.3) is 22.3 Å². The van der Waals surface area contributed by atoms with Crippen LogP contribution in [0.15, 0.2) is 192 Å². The summed E-state index contributed by atoms with van der Waals surface area (Å²) in [6.07, 6.45) is 0. The summed E-state index contributed by atoms with van der Waals surface area (Å²) in [6, 6.07) is 60.3. The van der Waals surface area contributed by atoms with Gasteiger partial charge in [0.05, 0.1) is 22.5 Å². The molecule has 0 aliphatic rings. The van der Waals surface area contributed by atoms with Crippen LogP contribution in [0.2, 0.25) is 0 Å². The maximum Gasteiger partial charge on any atom is 0.125 e. The third kappa shape index (κ3) is 8.75. The first-order valence-corrected chi connectivity index (χ1v) is 18.3. The van der Waals surface area contributed by atoms with E-state index in [1.165, 1.54) is 0 Å². The fourth-order valence-corrected chi connectivity index (χ4v) is 6.79. The second-order valence-electron chi connectivity index (χ2n) is 14.5. The van der Waals surface area contributed by atoms with Gasteiger partial charge in [0.2, 0.25) is 0 Å². The Morgan fingerprint density at radius 3 is 1.09 bits per heavy atom. The fourth-order valence-electron chi connectivity index (χ4n) is 6.79. The molecular formula is C50H44N2O2Zn. The summed E-state index contributed by atoms with van der Waals surface area (Å²) in [7, 11) is 0. The second kappa shape index (κ2) is 16.6. The molecule has 0 radical (unpaired) electrons. The molecule has 4 nitrogen and oxygen atoms in total. The predicted molar refractivity (Wildman–Crippen MR) is 224 cm³/mol. The molecule has 0 fully saturated rings. The second-order valence-corrected chi connectivity index (χ2v) is 14.5. The summed E-state index contributed by atoms with van der Waals surface area (Å²) in [6.45, 7) is 8.41. The molecule has 0 aliphatic heterocycles. The molecule has 7 aromatic rings. The Kier molecular flexibility index (Phi) is 11.7. The van der Waals surface area contributed by atoms with Crippen molar-refractivity contribution in [2.75, 3.05) is 0 Å². The van der Waals surface area contributed by atoms with E-state index in [2.05, 4.69) is 76.2 Å². The minimum atomic E-state index is -0.694. The van der Waals surface area contributed by atoms with Gasteiger partial charge in [-0.15, -0.1) is 0 Å². The van der Waals surface area contributed by atoms with Crippen LogP contribution in [0.3, 0.4) is 0 Å². The number of hydrogen-bond donors (Lipinski definition) is 2. The van der Waals surface area contributed by atoms with Crippen LogP contribution in [0.1, 0.15) is 61.1 Å². The molecule has 0 unspecified atom stereocenters. The Bertz CT molecular complexity index is 2270. The summed E-state index contributed by atoms with van der Waals surface area (Å²) in [4.78, 5) is 10.9. The molecule has 7 rings (SSSR count). The standard InChI is InChI=1S/C50H44N2O2.Zn/c1-49(2,51-47(37-22-13-7-14-23-37)43-32-39(28-30-45(43)53)35-18-9-5-10-19-35)41-26-17-27-42(34-41)50(3,4)52-48(38-24-15-8-16-25-38)44-33-40(29-31-46(44)54)36-20-11-6-12-21-36;/h5-34,53-54H,1-4H3;. The van der Waals surface area contributed by atoms with E-state index in [4.69, 9.17) is 9.98 Å². The van der Waals surface area contributed by atoms with E-state index >= 15 is 0 Å². The van der Waals surface area contributed by atoms with Crippen LogP contribution in [-0.2, 0) is 30.6 Å². The van der Waals surface area contributed by atoms with Crippen molar-refractivity contribution in [3.63, 3.8) is 0 Å². The van der Waals surface area contributed by atoms with E-state index in [1.807, 2.05) is 121 Å². The van der Waals surface area contributed by atoms with Gasteiger partial charge in [0.25, 0.3) is 0 Å². The third-order valence-electron chi connectivity index (χ3n) is 9.87. The smallest absolute Gasteiger partial charge is 0.125 e. The Morgan fingerprint density at radius 2 is 0.727 bits per heavy atom. The molecule has 0 aromatic heterocycles. The molecule has 7 aromatic carbocycles. The van der Waals surface area contributed by atoms with E-state index in [0.717, 1.165) is 44.5 Å². The number of aliphatic imine (C=N–C) groups is 2. The molecule has 0 saturated carbocycles. The first-order valence-electron chi connectivity index (χ1n) is 18.3. The Balaban J connectivity index is 0.00000514. The van der Waals surface area contributed by atoms with Crippen LogP contribution in [0.4, 0.5) is 0 Å². The van der Waals surface area contributed by atoms with Crippen molar-refractivity contribution < 1.29 is 29.7 Å². The normalized spacial score (nSPS) is 12.2. The van der Waals surface area contributed by atoms with Crippen LogP contribution in [0, 0.1) is 0 Å². The zero-order valence-corrected chi connectivity index (χ0v) is 34.8. The Hall–Kier alpha value is -5.90. The number of hydrogen-bond acceptors (Lipinski definition) is 4. The zero-order chi connectivity index (χ0) is 37.7. The van der Waals surface area contributed by atoms with Crippen LogP contribution >= 0.6 is 0 Å². The van der Waals surface area contributed by atoms with Crippen molar-refractivity contribution in [3.05, 3.63) is 215 Å². The van der Waals surface area contributed by atoms with Crippen LogP contribution in [-0.4, -0.2) is 21.6 Å². The molecule has 0 amide bonds. The molecule has 0 saturated heterocycles. The predicted octanol–water partition coefficient (Wildman–Crippen LogP) is 12.0. The van der Waals surface area contributed by atoms with Gasteiger partial charge in [-0.3, -0.25) is 9.98 Å². The van der Waals surface area contributed by atoms with Crippen molar-refractivity contribution in [1.29, 1.82) is 0 Å². The number of nitrogens with zero attached hydrogens (tertiary/aromatic N) is 2. The first kappa shape index (κ1) is 38.8. The number of phenols is 2. The molecule has 55 heavy (non-hydrogen) atoms. The van der Waals surface area contributed by atoms with Gasteiger partial charge in [-0.1, -0.05) is 158 Å². The van der Waals surface area contributed by atoms with E-state index in [-0.39, 0.29) is 31.0 Å². The molecule has 0 atom stereocenters. The monoisotopic (exact) mass is 768 g/mol. The Labute approximate surface area is 337 Å². The first-order chi connectivity index (χ1) is 26.1. The van der Waals surface area contributed by atoms with E-state index in [9.17, 15) is 10.2 Å². The van der Waals surface area contributed by atoms with Crippen molar-refractivity contribution in [2.24, 2.45) is 9.98 Å². The summed E-state index contributed by atoms with van der Waals surface area (Å²) in [5.74, 6) is 0.343. The van der Waals surface area contributed by atoms with Crippen LogP contribution < -0.4 is 0 Å². The maximum atomic E-state index is 11.3. The summed E-state index contributed by atoms with van der Waals surface area (Å²) < 4.78 is 0. The van der Waals surface area contributed by atoms with Crippen LogP contribution in [0.5, 0.6) is 11.5 Å². The van der Waals surface area contributed by atoms with Gasteiger partial charge in [-0.2, -0.15) is 0 Å². The van der Waals surface area contributed by atoms with Crippen molar-refractivity contribution >= 4 is 11.4 Å². The molecule has 2 N–H and O–H groups in total. The number of benzene rings is 7. The Morgan fingerprint density at radius 1 is 0.382 bits per heavy atom. The van der Waals surface area contributed by atoms with Gasteiger partial charge in [0.15, 0.2) is 0 Å². The van der Waals surface area contributed by atoms with Gasteiger partial charge in [0.1, 0.15) is 11.5 Å². The van der Waals surface area contributed by atoms with E-state index in [1.54, 1.807) is 12.1 Å². The molecule has 0 spiro atoms. The van der Waals surface area contributed by atoms with E-state index < -0.39 is 11.1 Å². The SMILES string of the molecule is CC(C)(N=C(c1ccccc1)c1cc(-c2ccccc2)ccc1O)c1cccc(C(C)(C)N=C(c2ccccc2)c2cc(-c3ccccc3)ccc2O)c1.[Zn].